The monoisotopic (exact) mass is 337 g/mol. The highest BCUT2D eigenvalue weighted by Crippen LogP contribution is 2.29. The van der Waals surface area contributed by atoms with Gasteiger partial charge in [-0.25, -0.2) is 4.98 Å². The fourth-order valence-electron chi connectivity index (χ4n) is 3.24. The summed E-state index contributed by atoms with van der Waals surface area (Å²) < 4.78 is 0. The number of carbonyl (C=O) groups excluding carboxylic acids is 1. The summed E-state index contributed by atoms with van der Waals surface area (Å²) in [6, 6.07) is 14.4. The van der Waals surface area contributed by atoms with Crippen molar-refractivity contribution >= 4 is 33.1 Å². The van der Waals surface area contributed by atoms with E-state index in [-0.39, 0.29) is 11.9 Å². The van der Waals surface area contributed by atoms with Crippen LogP contribution in [0.2, 0.25) is 0 Å². The maximum absolute atomic E-state index is 12.4. The Kier molecular flexibility index (Phi) is 4.04. The summed E-state index contributed by atoms with van der Waals surface area (Å²) in [5.74, 6) is -0.0262. The summed E-state index contributed by atoms with van der Waals surface area (Å²) in [5, 5.41) is 5.93. The molecule has 24 heavy (non-hydrogen) atoms. The molecule has 0 fully saturated rings. The lowest BCUT2D eigenvalue weighted by Crippen LogP contribution is -2.27. The zero-order chi connectivity index (χ0) is 16.5. The van der Waals surface area contributed by atoms with Gasteiger partial charge in [0.15, 0.2) is 5.13 Å². The van der Waals surface area contributed by atoms with Gasteiger partial charge >= 0.3 is 0 Å². The van der Waals surface area contributed by atoms with Crippen LogP contribution in [0.25, 0.3) is 10.8 Å². The van der Waals surface area contributed by atoms with Crippen LogP contribution in [-0.4, -0.2) is 16.9 Å². The van der Waals surface area contributed by atoms with Gasteiger partial charge in [-0.2, -0.15) is 0 Å². The van der Waals surface area contributed by atoms with Crippen LogP contribution < -0.4 is 11.1 Å². The number of nitrogens with two attached hydrogens (primary N) is 1. The maximum Gasteiger partial charge on any atom is 0.230 e. The minimum absolute atomic E-state index is 0.0262. The van der Waals surface area contributed by atoms with Crippen molar-refractivity contribution in [3.63, 3.8) is 0 Å². The molecule has 0 spiro atoms. The Morgan fingerprint density at radius 3 is 3.00 bits per heavy atom. The van der Waals surface area contributed by atoms with Gasteiger partial charge in [0.25, 0.3) is 0 Å². The molecule has 0 saturated heterocycles. The number of carbonyl (C=O) groups is 1. The van der Waals surface area contributed by atoms with Crippen LogP contribution in [0.15, 0.2) is 42.5 Å². The molecule has 0 unspecified atom stereocenters. The molecule has 1 heterocycles. The molecule has 122 valence electrons. The minimum atomic E-state index is -0.0262. The first-order valence-corrected chi connectivity index (χ1v) is 9.01. The molecule has 4 rings (SSSR count). The summed E-state index contributed by atoms with van der Waals surface area (Å²) >= 11 is 1.56. The third-order valence-electron chi connectivity index (χ3n) is 4.46. The van der Waals surface area contributed by atoms with E-state index in [2.05, 4.69) is 28.5 Å². The molecule has 0 saturated carbocycles. The Morgan fingerprint density at radius 2 is 2.08 bits per heavy atom. The van der Waals surface area contributed by atoms with E-state index in [4.69, 9.17) is 5.73 Å². The highest BCUT2D eigenvalue weighted by Gasteiger charge is 2.20. The van der Waals surface area contributed by atoms with Crippen molar-refractivity contribution in [2.75, 3.05) is 5.32 Å². The number of nitrogens with zero attached hydrogens (tertiary/aromatic N) is 1. The molecule has 2 aromatic carbocycles. The Hall–Kier alpha value is -2.24. The van der Waals surface area contributed by atoms with Crippen molar-refractivity contribution < 1.29 is 4.79 Å². The summed E-state index contributed by atoms with van der Waals surface area (Å²) in [4.78, 5) is 18.2. The van der Waals surface area contributed by atoms with Gasteiger partial charge in [-0.05, 0) is 35.6 Å². The number of amides is 1. The number of aromatic nitrogens is 1. The van der Waals surface area contributed by atoms with E-state index in [0.717, 1.165) is 41.3 Å². The Balaban J connectivity index is 1.51. The topological polar surface area (TPSA) is 68.0 Å². The van der Waals surface area contributed by atoms with E-state index in [1.807, 2.05) is 24.3 Å². The van der Waals surface area contributed by atoms with E-state index in [1.54, 1.807) is 11.3 Å². The van der Waals surface area contributed by atoms with Gasteiger partial charge in [0.2, 0.25) is 5.91 Å². The van der Waals surface area contributed by atoms with Crippen molar-refractivity contribution in [1.82, 2.24) is 4.98 Å². The Bertz CT molecular complexity index is 897. The molecule has 3 aromatic rings. The van der Waals surface area contributed by atoms with E-state index in [9.17, 15) is 4.79 Å². The second-order valence-electron chi connectivity index (χ2n) is 6.25. The maximum atomic E-state index is 12.4. The van der Waals surface area contributed by atoms with Crippen LogP contribution in [0.4, 0.5) is 5.13 Å². The number of benzene rings is 2. The molecule has 1 amide bonds. The molecular weight excluding hydrogens is 318 g/mol. The fourth-order valence-corrected chi connectivity index (χ4v) is 4.35. The van der Waals surface area contributed by atoms with Crippen molar-refractivity contribution in [2.24, 2.45) is 5.73 Å². The predicted octanol–water partition coefficient (Wildman–Crippen LogP) is 3.29. The average molecular weight is 337 g/mol. The normalized spacial score (nSPS) is 16.8. The smallest absolute Gasteiger partial charge is 0.230 e. The summed E-state index contributed by atoms with van der Waals surface area (Å²) in [5.41, 5.74) is 8.14. The lowest BCUT2D eigenvalue weighted by molar-refractivity contribution is -0.115. The van der Waals surface area contributed by atoms with Crippen LogP contribution in [0.1, 0.15) is 22.6 Å². The molecular formula is C19H19N3OS. The second kappa shape index (κ2) is 6.34. The predicted molar refractivity (Wildman–Crippen MR) is 98.4 cm³/mol. The number of aryl methyl sites for hydroxylation is 1. The summed E-state index contributed by atoms with van der Waals surface area (Å²) in [7, 11) is 0. The van der Waals surface area contributed by atoms with Gasteiger partial charge in [0, 0.05) is 10.9 Å². The molecule has 3 N–H and O–H groups in total. The van der Waals surface area contributed by atoms with Gasteiger partial charge in [-0.15, -0.1) is 11.3 Å². The van der Waals surface area contributed by atoms with E-state index in [1.165, 1.54) is 4.88 Å². The van der Waals surface area contributed by atoms with Gasteiger partial charge in [0.05, 0.1) is 12.1 Å². The number of hydrogen-bond donors (Lipinski definition) is 2. The van der Waals surface area contributed by atoms with Gasteiger partial charge in [-0.3, -0.25) is 4.79 Å². The van der Waals surface area contributed by atoms with Crippen molar-refractivity contribution in [3.8, 4) is 0 Å². The lowest BCUT2D eigenvalue weighted by atomic mass is 9.99. The fraction of sp³-hybridized carbons (Fsp3) is 0.263. The van der Waals surface area contributed by atoms with Gasteiger partial charge < -0.3 is 11.1 Å². The number of rotatable bonds is 3. The molecule has 1 aromatic heterocycles. The summed E-state index contributed by atoms with van der Waals surface area (Å²) in [6.07, 6.45) is 3.10. The largest absolute Gasteiger partial charge is 0.327 e. The molecule has 4 nitrogen and oxygen atoms in total. The molecule has 1 aliphatic rings. The molecule has 0 radical (unpaired) electrons. The minimum Gasteiger partial charge on any atom is -0.327 e. The van der Waals surface area contributed by atoms with Crippen LogP contribution >= 0.6 is 11.3 Å². The van der Waals surface area contributed by atoms with Crippen LogP contribution in [0.5, 0.6) is 0 Å². The van der Waals surface area contributed by atoms with Crippen molar-refractivity contribution in [3.05, 3.63) is 58.6 Å². The van der Waals surface area contributed by atoms with Gasteiger partial charge in [0.1, 0.15) is 0 Å². The third kappa shape index (κ3) is 3.05. The Labute approximate surface area is 144 Å². The quantitative estimate of drug-likeness (QED) is 0.770. The SMILES string of the molecule is N[C@H]1CCc2nc(NC(=O)Cc3cccc4ccccc34)sc2C1. The molecule has 5 heteroatoms. The molecule has 1 atom stereocenters. The second-order valence-corrected chi connectivity index (χ2v) is 7.34. The zero-order valence-corrected chi connectivity index (χ0v) is 14.1. The van der Waals surface area contributed by atoms with E-state index < -0.39 is 0 Å². The third-order valence-corrected chi connectivity index (χ3v) is 5.49. The van der Waals surface area contributed by atoms with E-state index >= 15 is 0 Å². The number of fused-ring (bicyclic) bond motifs is 2. The van der Waals surface area contributed by atoms with E-state index in [0.29, 0.717) is 11.6 Å². The number of anilines is 1. The lowest BCUT2D eigenvalue weighted by Gasteiger charge is -2.15. The number of thiazole rings is 1. The highest BCUT2D eigenvalue weighted by atomic mass is 32.1. The van der Waals surface area contributed by atoms with Crippen molar-refractivity contribution in [1.29, 1.82) is 0 Å². The zero-order valence-electron chi connectivity index (χ0n) is 13.3. The number of hydrogen-bond acceptors (Lipinski definition) is 4. The standard InChI is InChI=1S/C19H19N3OS/c20-14-8-9-16-17(11-14)24-19(21-16)22-18(23)10-13-6-3-5-12-4-1-2-7-15(12)13/h1-7,14H,8-11,20H2,(H,21,22,23)/t14-/m0/s1. The highest BCUT2D eigenvalue weighted by molar-refractivity contribution is 7.15. The first-order valence-electron chi connectivity index (χ1n) is 8.19. The van der Waals surface area contributed by atoms with Crippen LogP contribution in [0.3, 0.4) is 0 Å². The first-order chi connectivity index (χ1) is 11.7. The van der Waals surface area contributed by atoms with Crippen LogP contribution in [-0.2, 0) is 24.1 Å². The average Bonchev–Trinajstić information content (AvgIpc) is 2.96. The van der Waals surface area contributed by atoms with Gasteiger partial charge in [-0.1, -0.05) is 42.5 Å². The van der Waals surface area contributed by atoms with Crippen molar-refractivity contribution in [2.45, 2.75) is 31.7 Å². The first kappa shape index (κ1) is 15.3. The molecule has 0 aliphatic heterocycles. The Morgan fingerprint density at radius 1 is 1.25 bits per heavy atom. The molecule has 1 aliphatic carbocycles. The molecule has 0 bridgehead atoms. The van der Waals surface area contributed by atoms with Crippen LogP contribution in [0, 0.1) is 0 Å². The number of nitrogens with one attached hydrogen (secondary N) is 1. The summed E-state index contributed by atoms with van der Waals surface area (Å²) in [6.45, 7) is 0.